The van der Waals surface area contributed by atoms with E-state index in [1.165, 1.54) is 18.2 Å². The van der Waals surface area contributed by atoms with Gasteiger partial charge in [0.1, 0.15) is 6.07 Å². The van der Waals surface area contributed by atoms with Crippen molar-refractivity contribution in [3.63, 3.8) is 0 Å². The molecule has 0 spiro atoms. The van der Waals surface area contributed by atoms with Crippen molar-refractivity contribution >= 4 is 40.3 Å². The average Bonchev–Trinajstić information content (AvgIpc) is 2.43. The van der Waals surface area contributed by atoms with Crippen LogP contribution in [0.5, 0.6) is 0 Å². The van der Waals surface area contributed by atoms with Crippen molar-refractivity contribution < 1.29 is 4.92 Å². The van der Waals surface area contributed by atoms with Crippen LogP contribution in [0.25, 0.3) is 0 Å². The normalized spacial score (nSPS) is 9.85. The Bertz CT molecular complexity index is 706. The number of para-hydroxylation sites is 1. The lowest BCUT2D eigenvalue weighted by Crippen LogP contribution is -1.97. The molecule has 20 heavy (non-hydrogen) atoms. The second kappa shape index (κ2) is 5.78. The maximum absolute atomic E-state index is 10.7. The van der Waals surface area contributed by atoms with Gasteiger partial charge in [-0.1, -0.05) is 29.3 Å². The molecule has 100 valence electrons. The van der Waals surface area contributed by atoms with Crippen LogP contribution in [0.2, 0.25) is 10.0 Å². The lowest BCUT2D eigenvalue weighted by Gasteiger charge is -2.11. The van der Waals surface area contributed by atoms with Crippen LogP contribution in [0.1, 0.15) is 5.56 Å². The van der Waals surface area contributed by atoms with E-state index < -0.39 is 4.92 Å². The van der Waals surface area contributed by atoms with Gasteiger partial charge in [-0.05, 0) is 18.2 Å². The molecule has 0 saturated heterocycles. The highest BCUT2D eigenvalue weighted by Gasteiger charge is 2.13. The first-order chi connectivity index (χ1) is 9.52. The zero-order valence-electron chi connectivity index (χ0n) is 9.93. The largest absolute Gasteiger partial charge is 0.352 e. The molecule has 0 bridgehead atoms. The van der Waals surface area contributed by atoms with E-state index in [1.54, 1.807) is 18.2 Å². The summed E-state index contributed by atoms with van der Waals surface area (Å²) < 4.78 is 0. The number of nitro benzene ring substituents is 1. The molecule has 1 N–H and O–H groups in total. The Labute approximate surface area is 124 Å². The predicted octanol–water partition coefficient (Wildman–Crippen LogP) is 4.52. The summed E-state index contributed by atoms with van der Waals surface area (Å²) in [4.78, 5) is 10.1. The molecule has 0 saturated carbocycles. The standard InChI is InChI=1S/C13H7Cl2N3O2/c14-10-2-1-3-11(15)13(10)17-12-5-4-9(18(19)20)6-8(12)7-16/h1-6,17H. The summed E-state index contributed by atoms with van der Waals surface area (Å²) >= 11 is 12.0. The van der Waals surface area contributed by atoms with Gasteiger partial charge in [-0.15, -0.1) is 0 Å². The highest BCUT2D eigenvalue weighted by atomic mass is 35.5. The molecule has 0 aliphatic carbocycles. The van der Waals surface area contributed by atoms with Crippen molar-refractivity contribution in [2.24, 2.45) is 0 Å². The van der Waals surface area contributed by atoms with E-state index in [0.717, 1.165) is 0 Å². The van der Waals surface area contributed by atoms with E-state index in [4.69, 9.17) is 28.5 Å². The number of nitriles is 1. The number of nitrogens with one attached hydrogen (secondary N) is 1. The van der Waals surface area contributed by atoms with E-state index >= 15 is 0 Å². The molecule has 2 aromatic carbocycles. The molecule has 0 aliphatic rings. The fraction of sp³-hybridized carbons (Fsp3) is 0. The molecule has 2 aromatic rings. The number of nitrogens with zero attached hydrogens (tertiary/aromatic N) is 2. The number of anilines is 2. The molecular formula is C13H7Cl2N3O2. The summed E-state index contributed by atoms with van der Waals surface area (Å²) in [6.45, 7) is 0. The van der Waals surface area contributed by atoms with Crippen molar-refractivity contribution in [3.05, 3.63) is 62.1 Å². The summed E-state index contributed by atoms with van der Waals surface area (Å²) in [5, 5.41) is 23.4. The SMILES string of the molecule is N#Cc1cc([N+](=O)[O-])ccc1Nc1c(Cl)cccc1Cl. The molecule has 0 aliphatic heterocycles. The number of nitro groups is 1. The van der Waals surface area contributed by atoms with Gasteiger partial charge in [-0.2, -0.15) is 5.26 Å². The van der Waals surface area contributed by atoms with E-state index in [2.05, 4.69) is 5.32 Å². The topological polar surface area (TPSA) is 79.0 Å². The smallest absolute Gasteiger partial charge is 0.270 e. The lowest BCUT2D eigenvalue weighted by molar-refractivity contribution is -0.384. The van der Waals surface area contributed by atoms with E-state index in [0.29, 0.717) is 21.4 Å². The highest BCUT2D eigenvalue weighted by Crippen LogP contribution is 2.34. The fourth-order valence-electron chi connectivity index (χ4n) is 1.60. The van der Waals surface area contributed by atoms with Crippen LogP contribution >= 0.6 is 23.2 Å². The van der Waals surface area contributed by atoms with Crippen molar-refractivity contribution in [2.45, 2.75) is 0 Å². The number of halogens is 2. The van der Waals surface area contributed by atoms with Crippen LogP contribution in [0.4, 0.5) is 17.1 Å². The molecule has 0 aromatic heterocycles. The molecule has 0 fully saturated rings. The van der Waals surface area contributed by atoms with E-state index in [1.807, 2.05) is 6.07 Å². The predicted molar refractivity (Wildman–Crippen MR) is 77.6 cm³/mol. The Morgan fingerprint density at radius 3 is 2.40 bits per heavy atom. The summed E-state index contributed by atoms with van der Waals surface area (Å²) in [6.07, 6.45) is 0. The Morgan fingerprint density at radius 2 is 1.85 bits per heavy atom. The van der Waals surface area contributed by atoms with Crippen molar-refractivity contribution in [2.75, 3.05) is 5.32 Å². The Morgan fingerprint density at radius 1 is 1.20 bits per heavy atom. The van der Waals surface area contributed by atoms with Gasteiger partial charge < -0.3 is 5.32 Å². The van der Waals surface area contributed by atoms with Gasteiger partial charge in [-0.3, -0.25) is 10.1 Å². The van der Waals surface area contributed by atoms with Crippen molar-refractivity contribution in [1.82, 2.24) is 0 Å². The van der Waals surface area contributed by atoms with Crippen LogP contribution < -0.4 is 5.32 Å². The molecule has 7 heteroatoms. The minimum Gasteiger partial charge on any atom is -0.352 e. The third kappa shape index (κ3) is 2.82. The lowest BCUT2D eigenvalue weighted by atomic mass is 10.1. The summed E-state index contributed by atoms with van der Waals surface area (Å²) in [5.74, 6) is 0. The van der Waals surface area contributed by atoms with Crippen molar-refractivity contribution in [3.8, 4) is 6.07 Å². The van der Waals surface area contributed by atoms with E-state index in [-0.39, 0.29) is 11.3 Å². The molecule has 0 radical (unpaired) electrons. The van der Waals surface area contributed by atoms with Gasteiger partial charge >= 0.3 is 0 Å². The van der Waals surface area contributed by atoms with E-state index in [9.17, 15) is 10.1 Å². The first-order valence-electron chi connectivity index (χ1n) is 5.42. The molecule has 5 nitrogen and oxygen atoms in total. The minimum absolute atomic E-state index is 0.134. The number of non-ortho nitro benzene ring substituents is 1. The molecule has 0 amide bonds. The number of hydrogen-bond acceptors (Lipinski definition) is 4. The maximum Gasteiger partial charge on any atom is 0.270 e. The second-order valence-electron chi connectivity index (χ2n) is 3.82. The Balaban J connectivity index is 2.44. The highest BCUT2D eigenvalue weighted by molar-refractivity contribution is 6.39. The first-order valence-corrected chi connectivity index (χ1v) is 6.18. The van der Waals surface area contributed by atoms with Gasteiger partial charge in [0.05, 0.1) is 31.9 Å². The molecule has 2 rings (SSSR count). The molecule has 0 heterocycles. The second-order valence-corrected chi connectivity index (χ2v) is 4.63. The average molecular weight is 308 g/mol. The van der Waals surface area contributed by atoms with Crippen LogP contribution in [-0.2, 0) is 0 Å². The van der Waals surface area contributed by atoms with Gasteiger partial charge in [0, 0.05) is 12.1 Å². The third-order valence-electron chi connectivity index (χ3n) is 2.56. The number of rotatable bonds is 3. The quantitative estimate of drug-likeness (QED) is 0.668. The van der Waals surface area contributed by atoms with Crippen LogP contribution in [0.3, 0.4) is 0 Å². The fourth-order valence-corrected chi connectivity index (χ4v) is 2.09. The van der Waals surface area contributed by atoms with Crippen LogP contribution in [-0.4, -0.2) is 4.92 Å². The maximum atomic E-state index is 10.7. The van der Waals surface area contributed by atoms with Crippen molar-refractivity contribution in [1.29, 1.82) is 5.26 Å². The minimum atomic E-state index is -0.562. The summed E-state index contributed by atoms with van der Waals surface area (Å²) in [5.41, 5.74) is 0.821. The zero-order chi connectivity index (χ0) is 14.7. The van der Waals surface area contributed by atoms with Gasteiger partial charge in [0.2, 0.25) is 0 Å². The monoisotopic (exact) mass is 307 g/mol. The van der Waals surface area contributed by atoms with Gasteiger partial charge in [0.25, 0.3) is 5.69 Å². The molecule has 0 unspecified atom stereocenters. The summed E-state index contributed by atoms with van der Waals surface area (Å²) in [7, 11) is 0. The number of hydrogen-bond donors (Lipinski definition) is 1. The zero-order valence-corrected chi connectivity index (χ0v) is 11.4. The van der Waals surface area contributed by atoms with Crippen LogP contribution in [0, 0.1) is 21.4 Å². The van der Waals surface area contributed by atoms with Crippen LogP contribution in [0.15, 0.2) is 36.4 Å². The summed E-state index contributed by atoms with van der Waals surface area (Å²) in [6, 6.07) is 10.8. The molecule has 0 atom stereocenters. The number of benzene rings is 2. The Hall–Kier alpha value is -2.29. The van der Waals surface area contributed by atoms with Gasteiger partial charge in [-0.25, -0.2) is 0 Å². The first kappa shape index (κ1) is 14.1. The van der Waals surface area contributed by atoms with Gasteiger partial charge in [0.15, 0.2) is 0 Å². The Kier molecular flexibility index (Phi) is 4.08. The molecular weight excluding hydrogens is 301 g/mol. The third-order valence-corrected chi connectivity index (χ3v) is 3.19.